The summed E-state index contributed by atoms with van der Waals surface area (Å²) in [4.78, 5) is 0. The monoisotopic (exact) mass is 497 g/mol. The van der Waals surface area contributed by atoms with Gasteiger partial charge in [-0.1, -0.05) is 121 Å². The number of benzene rings is 4. The quantitative estimate of drug-likeness (QED) is 0.157. The molecule has 4 aromatic rings. The van der Waals surface area contributed by atoms with Gasteiger partial charge in [-0.15, -0.1) is 0 Å². The highest BCUT2D eigenvalue weighted by molar-refractivity contribution is 7.73. The molecule has 0 radical (unpaired) electrons. The van der Waals surface area contributed by atoms with Gasteiger partial charge < -0.3 is 5.32 Å². The van der Waals surface area contributed by atoms with Crippen LogP contribution >= 0.6 is 15.8 Å². The Morgan fingerprint density at radius 3 is 0.943 bits per heavy atom. The normalized spacial score (nSPS) is 11.3. The van der Waals surface area contributed by atoms with Crippen LogP contribution in [0, 0.1) is 0 Å². The lowest BCUT2D eigenvalue weighted by molar-refractivity contribution is 0.614. The van der Waals surface area contributed by atoms with Gasteiger partial charge in [0.2, 0.25) is 0 Å². The lowest BCUT2D eigenvalue weighted by atomic mass is 10.3. The van der Waals surface area contributed by atoms with Gasteiger partial charge in [0.25, 0.3) is 0 Å². The van der Waals surface area contributed by atoms with Crippen LogP contribution in [-0.4, -0.2) is 25.4 Å². The van der Waals surface area contributed by atoms with Crippen LogP contribution < -0.4 is 26.5 Å². The largest absolute Gasteiger partial charge is 0.317 e. The predicted molar refractivity (Wildman–Crippen MR) is 159 cm³/mol. The highest BCUT2D eigenvalue weighted by Gasteiger charge is 2.13. The van der Waals surface area contributed by atoms with Gasteiger partial charge in [0.05, 0.1) is 0 Å². The van der Waals surface area contributed by atoms with E-state index in [0.717, 1.165) is 13.1 Å². The van der Waals surface area contributed by atoms with E-state index >= 15 is 0 Å². The van der Waals surface area contributed by atoms with Crippen LogP contribution in [0.1, 0.15) is 25.7 Å². The van der Waals surface area contributed by atoms with Gasteiger partial charge >= 0.3 is 0 Å². The summed E-state index contributed by atoms with van der Waals surface area (Å²) in [6.07, 6.45) is 7.58. The third-order valence-electron chi connectivity index (χ3n) is 6.24. The molecule has 4 rings (SSSR count). The van der Waals surface area contributed by atoms with E-state index in [-0.39, 0.29) is 15.8 Å². The second-order valence-electron chi connectivity index (χ2n) is 8.81. The molecule has 0 heterocycles. The molecule has 0 aromatic heterocycles. The first-order valence-corrected chi connectivity index (χ1v) is 15.9. The molecule has 0 saturated heterocycles. The minimum absolute atomic E-state index is 0.259. The van der Waals surface area contributed by atoms with Crippen LogP contribution in [-0.2, 0) is 0 Å². The van der Waals surface area contributed by atoms with Crippen molar-refractivity contribution in [3.8, 4) is 0 Å². The lowest BCUT2D eigenvalue weighted by Crippen LogP contribution is -2.19. The molecule has 0 amide bonds. The van der Waals surface area contributed by atoms with Crippen LogP contribution in [0.4, 0.5) is 0 Å². The summed E-state index contributed by atoms with van der Waals surface area (Å²) in [6, 6.07) is 44.3. The molecule has 3 heteroatoms. The Kier molecular flexibility index (Phi) is 11.0. The van der Waals surface area contributed by atoms with Crippen LogP contribution in [0.3, 0.4) is 0 Å². The van der Waals surface area contributed by atoms with Crippen LogP contribution in [0.15, 0.2) is 121 Å². The molecule has 0 aliphatic carbocycles. The minimum atomic E-state index is -0.259. The fraction of sp³-hybridized carbons (Fsp3) is 0.250. The van der Waals surface area contributed by atoms with Crippen molar-refractivity contribution in [2.24, 2.45) is 0 Å². The standard InChI is InChI=1S/C32H37NP2/c1-5-17-29(18-6-1)34(30-19-7-2-8-20-30)27-15-13-25-33-26-14-16-28-35(31-21-9-3-10-22-31)32-23-11-4-12-24-32/h1-12,17-24,33H,13-16,25-28H2. The molecule has 0 fully saturated rings. The van der Waals surface area contributed by atoms with Crippen LogP contribution in [0.2, 0.25) is 0 Å². The first kappa shape index (κ1) is 25.8. The molecule has 35 heavy (non-hydrogen) atoms. The van der Waals surface area contributed by atoms with Gasteiger partial charge in [-0.3, -0.25) is 0 Å². The zero-order valence-corrected chi connectivity index (χ0v) is 22.4. The molecule has 0 atom stereocenters. The second-order valence-corrected chi connectivity index (χ2v) is 13.5. The van der Waals surface area contributed by atoms with E-state index in [0.29, 0.717) is 0 Å². The molecule has 0 spiro atoms. The molecule has 1 nitrogen and oxygen atoms in total. The van der Waals surface area contributed by atoms with Gasteiger partial charge in [-0.25, -0.2) is 0 Å². The molecule has 180 valence electrons. The maximum absolute atomic E-state index is 3.71. The van der Waals surface area contributed by atoms with Crippen molar-refractivity contribution in [3.05, 3.63) is 121 Å². The van der Waals surface area contributed by atoms with E-state index in [1.165, 1.54) is 59.2 Å². The van der Waals surface area contributed by atoms with E-state index in [9.17, 15) is 0 Å². The highest BCUT2D eigenvalue weighted by Crippen LogP contribution is 2.35. The van der Waals surface area contributed by atoms with Crippen LogP contribution in [0.25, 0.3) is 0 Å². The summed E-state index contributed by atoms with van der Waals surface area (Å²) in [5.41, 5.74) is 0. The third-order valence-corrected chi connectivity index (χ3v) is 11.5. The molecule has 0 unspecified atom stereocenters. The highest BCUT2D eigenvalue weighted by atomic mass is 31.1. The zero-order valence-electron chi connectivity index (χ0n) is 20.6. The summed E-state index contributed by atoms with van der Waals surface area (Å²) in [5.74, 6) is 0. The average Bonchev–Trinajstić information content (AvgIpc) is 2.94. The minimum Gasteiger partial charge on any atom is -0.317 e. The molecule has 0 aliphatic heterocycles. The number of hydrogen-bond acceptors (Lipinski definition) is 1. The molecule has 0 saturated carbocycles. The Hall–Kier alpha value is -2.30. The van der Waals surface area contributed by atoms with Crippen molar-refractivity contribution in [3.63, 3.8) is 0 Å². The first-order valence-electron chi connectivity index (χ1n) is 12.9. The number of hydrogen-bond donors (Lipinski definition) is 1. The summed E-state index contributed by atoms with van der Waals surface area (Å²) in [5, 5.41) is 9.69. The van der Waals surface area contributed by atoms with Gasteiger partial charge in [0.15, 0.2) is 0 Å². The Morgan fingerprint density at radius 1 is 0.371 bits per heavy atom. The zero-order chi connectivity index (χ0) is 24.0. The topological polar surface area (TPSA) is 12.0 Å². The number of rotatable bonds is 14. The predicted octanol–water partition coefficient (Wildman–Crippen LogP) is 6.40. The van der Waals surface area contributed by atoms with Crippen molar-refractivity contribution in [1.82, 2.24) is 5.32 Å². The van der Waals surface area contributed by atoms with Gasteiger partial charge in [-0.05, 0) is 88.2 Å². The van der Waals surface area contributed by atoms with Gasteiger partial charge in [0.1, 0.15) is 0 Å². The van der Waals surface area contributed by atoms with Crippen LogP contribution in [0.5, 0.6) is 0 Å². The summed E-state index contributed by atoms with van der Waals surface area (Å²) >= 11 is 0. The molecule has 1 N–H and O–H groups in total. The van der Waals surface area contributed by atoms with Crippen molar-refractivity contribution in [2.75, 3.05) is 25.4 Å². The number of unbranched alkanes of at least 4 members (excludes halogenated alkanes) is 2. The fourth-order valence-corrected chi connectivity index (χ4v) is 9.25. The summed E-state index contributed by atoms with van der Waals surface area (Å²) in [6.45, 7) is 2.25. The molecule has 0 aliphatic rings. The Morgan fingerprint density at radius 2 is 0.657 bits per heavy atom. The first-order chi connectivity index (χ1) is 17.4. The number of nitrogens with one attached hydrogen (secondary N) is 1. The van der Waals surface area contributed by atoms with Gasteiger partial charge in [0, 0.05) is 0 Å². The Bertz CT molecular complexity index is 904. The van der Waals surface area contributed by atoms with Crippen molar-refractivity contribution in [1.29, 1.82) is 0 Å². The summed E-state index contributed by atoms with van der Waals surface area (Å²) in [7, 11) is -0.517. The second kappa shape index (κ2) is 15.0. The lowest BCUT2D eigenvalue weighted by Gasteiger charge is -2.19. The van der Waals surface area contributed by atoms with Crippen molar-refractivity contribution < 1.29 is 0 Å². The summed E-state index contributed by atoms with van der Waals surface area (Å²) < 4.78 is 0. The maximum Gasteiger partial charge on any atom is -0.00488 e. The van der Waals surface area contributed by atoms with E-state index in [4.69, 9.17) is 0 Å². The van der Waals surface area contributed by atoms with E-state index in [1.807, 2.05) is 0 Å². The molecule has 0 bridgehead atoms. The van der Waals surface area contributed by atoms with E-state index < -0.39 is 0 Å². The molecule has 4 aromatic carbocycles. The maximum atomic E-state index is 3.71. The smallest absolute Gasteiger partial charge is 0.00488 e. The van der Waals surface area contributed by atoms with Crippen molar-refractivity contribution >= 4 is 37.1 Å². The molecular weight excluding hydrogens is 460 g/mol. The van der Waals surface area contributed by atoms with Crippen molar-refractivity contribution in [2.45, 2.75) is 25.7 Å². The fourth-order valence-electron chi connectivity index (χ4n) is 4.41. The third kappa shape index (κ3) is 8.40. The van der Waals surface area contributed by atoms with E-state index in [2.05, 4.69) is 127 Å². The van der Waals surface area contributed by atoms with Gasteiger partial charge in [-0.2, -0.15) is 0 Å². The molecular formula is C32H37NP2. The SMILES string of the molecule is c1ccc(P(CCCCNCCCCP(c2ccccc2)c2ccccc2)c2ccccc2)cc1. The van der Waals surface area contributed by atoms with E-state index in [1.54, 1.807) is 0 Å². The Labute approximate surface area is 214 Å². The average molecular weight is 498 g/mol. The Balaban J connectivity index is 1.16.